The van der Waals surface area contributed by atoms with Gasteiger partial charge in [-0.2, -0.15) is 5.10 Å². The maximum absolute atomic E-state index is 12.2. The summed E-state index contributed by atoms with van der Waals surface area (Å²) >= 11 is 6.25. The molecule has 116 valence electrons. The van der Waals surface area contributed by atoms with Gasteiger partial charge in [0.25, 0.3) is 5.56 Å². The van der Waals surface area contributed by atoms with Crippen molar-refractivity contribution in [2.24, 2.45) is 0 Å². The average Bonchev–Trinajstić information content (AvgIpc) is 3.08. The molecule has 2 aliphatic heterocycles. The molecular formula is C15H23ClN4O. The maximum Gasteiger partial charge on any atom is 0.287 e. The van der Waals surface area contributed by atoms with E-state index in [9.17, 15) is 4.79 Å². The number of fused-ring (bicyclic) bond motifs is 1. The largest absolute Gasteiger partial charge is 0.378 e. The van der Waals surface area contributed by atoms with Gasteiger partial charge in [-0.25, -0.2) is 4.68 Å². The smallest absolute Gasteiger partial charge is 0.287 e. The summed E-state index contributed by atoms with van der Waals surface area (Å²) in [6.07, 6.45) is 7.29. The highest BCUT2D eigenvalue weighted by Gasteiger charge is 2.37. The molecule has 0 amide bonds. The molecule has 6 heteroatoms. The van der Waals surface area contributed by atoms with E-state index in [0.29, 0.717) is 24.3 Å². The first kappa shape index (κ1) is 14.9. The van der Waals surface area contributed by atoms with E-state index in [0.717, 1.165) is 25.8 Å². The molecule has 0 aliphatic carbocycles. The quantitative estimate of drug-likeness (QED) is 0.907. The van der Waals surface area contributed by atoms with Gasteiger partial charge in [-0.1, -0.05) is 24.9 Å². The van der Waals surface area contributed by atoms with Crippen LogP contribution in [0, 0.1) is 0 Å². The molecule has 0 aromatic carbocycles. The first-order valence-electron chi connectivity index (χ1n) is 7.97. The zero-order chi connectivity index (χ0) is 14.8. The van der Waals surface area contributed by atoms with Gasteiger partial charge in [-0.3, -0.25) is 9.69 Å². The highest BCUT2D eigenvalue weighted by molar-refractivity contribution is 6.32. The summed E-state index contributed by atoms with van der Waals surface area (Å²) in [4.78, 5) is 14.7. The number of anilines is 1. The summed E-state index contributed by atoms with van der Waals surface area (Å²) in [6, 6.07) is 0.973. The fourth-order valence-electron chi connectivity index (χ4n) is 3.48. The molecule has 0 spiro atoms. The molecule has 1 aromatic heterocycles. The van der Waals surface area contributed by atoms with Crippen LogP contribution < -0.4 is 10.9 Å². The van der Waals surface area contributed by atoms with E-state index in [2.05, 4.69) is 22.2 Å². The van der Waals surface area contributed by atoms with Gasteiger partial charge in [0.05, 0.1) is 11.9 Å². The molecular weight excluding hydrogens is 288 g/mol. The molecule has 5 nitrogen and oxygen atoms in total. The van der Waals surface area contributed by atoms with Gasteiger partial charge in [0.1, 0.15) is 5.02 Å². The van der Waals surface area contributed by atoms with Crippen LogP contribution in [0.1, 0.15) is 39.0 Å². The van der Waals surface area contributed by atoms with Crippen molar-refractivity contribution in [2.75, 3.05) is 18.4 Å². The standard InChI is InChI=1S/C15H23ClN4O/c1-2-3-8-20-15(21)14(16)12(10-17-20)18-11-6-9-19-7-4-5-13(11)19/h10-11,13,18H,2-9H2,1H3. The van der Waals surface area contributed by atoms with Gasteiger partial charge >= 0.3 is 0 Å². The SMILES string of the molecule is CCCCn1ncc(NC2CCN3CCCC23)c(Cl)c1=O. The lowest BCUT2D eigenvalue weighted by Gasteiger charge is -2.22. The summed E-state index contributed by atoms with van der Waals surface area (Å²) in [5.74, 6) is 0. The first-order valence-corrected chi connectivity index (χ1v) is 8.34. The highest BCUT2D eigenvalue weighted by atomic mass is 35.5. The maximum atomic E-state index is 12.2. The second-order valence-corrected chi connectivity index (χ2v) is 6.42. The molecule has 1 aromatic rings. The predicted molar refractivity (Wildman–Crippen MR) is 85.0 cm³/mol. The Morgan fingerprint density at radius 1 is 1.43 bits per heavy atom. The molecule has 1 N–H and O–H groups in total. The Morgan fingerprint density at radius 2 is 2.29 bits per heavy atom. The minimum absolute atomic E-state index is 0.184. The van der Waals surface area contributed by atoms with Crippen molar-refractivity contribution in [1.29, 1.82) is 0 Å². The summed E-state index contributed by atoms with van der Waals surface area (Å²) < 4.78 is 1.47. The number of hydrogen-bond donors (Lipinski definition) is 1. The topological polar surface area (TPSA) is 50.2 Å². The van der Waals surface area contributed by atoms with Crippen LogP contribution in [-0.4, -0.2) is 39.9 Å². The molecule has 0 saturated carbocycles. The molecule has 3 heterocycles. The Morgan fingerprint density at radius 3 is 3.10 bits per heavy atom. The summed E-state index contributed by atoms with van der Waals surface area (Å²) in [6.45, 7) is 5.07. The number of rotatable bonds is 5. The zero-order valence-electron chi connectivity index (χ0n) is 12.5. The summed E-state index contributed by atoms with van der Waals surface area (Å²) in [5.41, 5.74) is 0.504. The average molecular weight is 311 g/mol. The third-order valence-electron chi connectivity index (χ3n) is 4.66. The Kier molecular flexibility index (Phi) is 4.50. The van der Waals surface area contributed by atoms with Crippen molar-refractivity contribution in [1.82, 2.24) is 14.7 Å². The van der Waals surface area contributed by atoms with E-state index in [1.807, 2.05) is 0 Å². The molecule has 2 fully saturated rings. The number of unbranched alkanes of at least 4 members (excludes halogenated alkanes) is 1. The van der Waals surface area contributed by atoms with Gasteiger partial charge in [0.15, 0.2) is 0 Å². The van der Waals surface area contributed by atoms with Crippen molar-refractivity contribution in [3.63, 3.8) is 0 Å². The fourth-order valence-corrected chi connectivity index (χ4v) is 3.68. The Bertz CT molecular complexity index is 559. The van der Waals surface area contributed by atoms with Crippen molar-refractivity contribution in [3.05, 3.63) is 21.6 Å². The molecule has 2 atom stereocenters. The van der Waals surface area contributed by atoms with Gasteiger partial charge < -0.3 is 5.32 Å². The number of aromatic nitrogens is 2. The molecule has 2 aliphatic rings. The van der Waals surface area contributed by atoms with Crippen LogP contribution in [0.3, 0.4) is 0 Å². The van der Waals surface area contributed by atoms with Gasteiger partial charge in [-0.15, -0.1) is 0 Å². The number of nitrogens with zero attached hydrogens (tertiary/aromatic N) is 3. The van der Waals surface area contributed by atoms with Crippen molar-refractivity contribution >= 4 is 17.3 Å². The molecule has 3 rings (SSSR count). The molecule has 0 bridgehead atoms. The molecule has 21 heavy (non-hydrogen) atoms. The second kappa shape index (κ2) is 6.36. The van der Waals surface area contributed by atoms with E-state index >= 15 is 0 Å². The van der Waals surface area contributed by atoms with Crippen molar-refractivity contribution in [2.45, 2.75) is 57.7 Å². The molecule has 0 radical (unpaired) electrons. The minimum Gasteiger partial charge on any atom is -0.378 e. The normalized spacial score (nSPS) is 25.2. The fraction of sp³-hybridized carbons (Fsp3) is 0.733. The third-order valence-corrected chi connectivity index (χ3v) is 5.02. The van der Waals surface area contributed by atoms with E-state index in [-0.39, 0.29) is 10.6 Å². The number of hydrogen-bond acceptors (Lipinski definition) is 4. The zero-order valence-corrected chi connectivity index (χ0v) is 13.3. The van der Waals surface area contributed by atoms with Crippen LogP contribution in [0.2, 0.25) is 5.02 Å². The van der Waals surface area contributed by atoms with Crippen LogP contribution >= 0.6 is 11.6 Å². The Balaban J connectivity index is 1.74. The van der Waals surface area contributed by atoms with E-state index in [1.54, 1.807) is 6.20 Å². The van der Waals surface area contributed by atoms with Crippen LogP contribution in [0.5, 0.6) is 0 Å². The van der Waals surface area contributed by atoms with Crippen LogP contribution in [0.25, 0.3) is 0 Å². The van der Waals surface area contributed by atoms with Gasteiger partial charge in [-0.05, 0) is 32.2 Å². The Hall–Kier alpha value is -1.07. The lowest BCUT2D eigenvalue weighted by Crippen LogP contribution is -2.34. The van der Waals surface area contributed by atoms with E-state index < -0.39 is 0 Å². The lowest BCUT2D eigenvalue weighted by molar-refractivity contribution is 0.318. The summed E-state index contributed by atoms with van der Waals surface area (Å²) in [5, 5.41) is 7.98. The van der Waals surface area contributed by atoms with Crippen LogP contribution in [0.4, 0.5) is 5.69 Å². The molecule has 2 saturated heterocycles. The number of nitrogens with one attached hydrogen (secondary N) is 1. The molecule has 2 unspecified atom stereocenters. The van der Waals surface area contributed by atoms with Gasteiger partial charge in [0.2, 0.25) is 0 Å². The number of halogens is 1. The third kappa shape index (κ3) is 2.94. The van der Waals surface area contributed by atoms with Crippen LogP contribution in [-0.2, 0) is 6.54 Å². The predicted octanol–water partition coefficient (Wildman–Crippen LogP) is 2.35. The highest BCUT2D eigenvalue weighted by Crippen LogP contribution is 2.30. The van der Waals surface area contributed by atoms with E-state index in [4.69, 9.17) is 11.6 Å². The Labute approximate surface area is 130 Å². The van der Waals surface area contributed by atoms with Gasteiger partial charge in [0, 0.05) is 25.2 Å². The van der Waals surface area contributed by atoms with Crippen LogP contribution in [0.15, 0.2) is 11.0 Å². The van der Waals surface area contributed by atoms with E-state index in [1.165, 1.54) is 24.1 Å². The monoisotopic (exact) mass is 310 g/mol. The lowest BCUT2D eigenvalue weighted by atomic mass is 10.1. The minimum atomic E-state index is -0.184. The number of aryl methyl sites for hydroxylation is 1. The second-order valence-electron chi connectivity index (χ2n) is 6.04. The first-order chi connectivity index (χ1) is 10.2. The van der Waals surface area contributed by atoms with Crippen molar-refractivity contribution in [3.8, 4) is 0 Å². The summed E-state index contributed by atoms with van der Waals surface area (Å²) in [7, 11) is 0. The van der Waals surface area contributed by atoms with Crippen molar-refractivity contribution < 1.29 is 0 Å².